The van der Waals surface area contributed by atoms with Crippen molar-refractivity contribution in [1.29, 1.82) is 0 Å². The van der Waals surface area contributed by atoms with Gasteiger partial charge in [-0.2, -0.15) is 0 Å². The van der Waals surface area contributed by atoms with E-state index in [2.05, 4.69) is 10.6 Å². The Hall–Kier alpha value is -2.28. The van der Waals surface area contributed by atoms with Gasteiger partial charge in [0.05, 0.1) is 7.11 Å². The molecule has 3 rings (SSSR count). The fourth-order valence-corrected chi connectivity index (χ4v) is 3.28. The summed E-state index contributed by atoms with van der Waals surface area (Å²) >= 11 is 0. The Kier molecular flexibility index (Phi) is 4.89. The number of rotatable bonds is 4. The van der Waals surface area contributed by atoms with Crippen molar-refractivity contribution in [3.8, 4) is 5.75 Å². The number of nitrogens with zero attached hydrogens (tertiary/aromatic N) is 1. The second kappa shape index (κ2) is 7.09. The Morgan fingerprint density at radius 1 is 1.33 bits per heavy atom. The summed E-state index contributed by atoms with van der Waals surface area (Å²) in [4.78, 5) is 25.1. The highest BCUT2D eigenvalue weighted by Crippen LogP contribution is 2.35. The lowest BCUT2D eigenvalue weighted by atomic mass is 9.74. The standard InChI is InChI=1S/C17H23N3O4/c1-23-14-4-2-13(3-5-14)17(6-10-24-11-7-17)12-19-16(22)20-9-8-18-15(20)21/h2-5H,6-12H2,1H3,(H,18,21)(H,19,22). The molecule has 0 aromatic heterocycles. The minimum absolute atomic E-state index is 0.184. The minimum Gasteiger partial charge on any atom is -0.497 e. The Morgan fingerprint density at radius 3 is 2.62 bits per heavy atom. The number of carbonyl (C=O) groups excluding carboxylic acids is 2. The zero-order valence-corrected chi connectivity index (χ0v) is 13.8. The van der Waals surface area contributed by atoms with Crippen LogP contribution < -0.4 is 15.4 Å². The lowest BCUT2D eigenvalue weighted by Gasteiger charge is -2.38. The van der Waals surface area contributed by atoms with Gasteiger partial charge in [-0.25, -0.2) is 14.5 Å². The molecule has 0 unspecified atom stereocenters. The van der Waals surface area contributed by atoms with Crippen LogP contribution in [-0.2, 0) is 10.2 Å². The second-order valence-electron chi connectivity index (χ2n) is 6.16. The molecular weight excluding hydrogens is 310 g/mol. The Morgan fingerprint density at radius 2 is 2.04 bits per heavy atom. The molecule has 0 spiro atoms. The summed E-state index contributed by atoms with van der Waals surface area (Å²) in [7, 11) is 1.64. The molecule has 2 heterocycles. The van der Waals surface area contributed by atoms with Gasteiger partial charge in [0.25, 0.3) is 0 Å². The van der Waals surface area contributed by atoms with Gasteiger partial charge in [-0.05, 0) is 30.5 Å². The van der Waals surface area contributed by atoms with Crippen molar-refractivity contribution in [2.45, 2.75) is 18.3 Å². The van der Waals surface area contributed by atoms with Gasteiger partial charge >= 0.3 is 12.1 Å². The summed E-state index contributed by atoms with van der Waals surface area (Å²) < 4.78 is 10.7. The van der Waals surface area contributed by atoms with Crippen LogP contribution in [0, 0.1) is 0 Å². The van der Waals surface area contributed by atoms with Crippen LogP contribution in [0.25, 0.3) is 0 Å². The molecule has 0 saturated carbocycles. The third-order valence-electron chi connectivity index (χ3n) is 4.83. The quantitative estimate of drug-likeness (QED) is 0.875. The molecule has 2 saturated heterocycles. The van der Waals surface area contributed by atoms with E-state index in [-0.39, 0.29) is 17.5 Å². The van der Waals surface area contributed by atoms with Crippen LogP contribution >= 0.6 is 0 Å². The second-order valence-corrected chi connectivity index (χ2v) is 6.16. The average Bonchev–Trinajstić information content (AvgIpc) is 3.06. The van der Waals surface area contributed by atoms with Crippen molar-refractivity contribution >= 4 is 12.1 Å². The predicted molar refractivity (Wildman–Crippen MR) is 88.2 cm³/mol. The van der Waals surface area contributed by atoms with Gasteiger partial charge in [0, 0.05) is 38.3 Å². The summed E-state index contributed by atoms with van der Waals surface area (Å²) in [6.07, 6.45) is 1.65. The number of amides is 4. The van der Waals surface area contributed by atoms with Crippen molar-refractivity contribution in [2.75, 3.05) is 40.0 Å². The number of urea groups is 2. The number of hydrogen-bond acceptors (Lipinski definition) is 4. The maximum absolute atomic E-state index is 12.3. The molecule has 2 aliphatic rings. The van der Waals surface area contributed by atoms with Crippen molar-refractivity contribution in [2.24, 2.45) is 0 Å². The molecule has 24 heavy (non-hydrogen) atoms. The van der Waals surface area contributed by atoms with E-state index in [1.54, 1.807) is 7.11 Å². The van der Waals surface area contributed by atoms with E-state index in [0.29, 0.717) is 32.8 Å². The lowest BCUT2D eigenvalue weighted by Crippen LogP contribution is -2.49. The number of hydrogen-bond donors (Lipinski definition) is 2. The molecule has 0 radical (unpaired) electrons. The Bertz CT molecular complexity index is 596. The van der Waals surface area contributed by atoms with Crippen molar-refractivity contribution in [1.82, 2.24) is 15.5 Å². The third-order valence-corrected chi connectivity index (χ3v) is 4.83. The number of imide groups is 1. The van der Waals surface area contributed by atoms with E-state index in [0.717, 1.165) is 24.2 Å². The SMILES string of the molecule is COc1ccc(C2(CNC(=O)N3CCNC3=O)CCOCC2)cc1. The molecule has 2 N–H and O–H groups in total. The molecule has 130 valence electrons. The molecule has 1 aromatic carbocycles. The Labute approximate surface area is 141 Å². The first-order chi connectivity index (χ1) is 11.6. The third kappa shape index (κ3) is 3.31. The normalized spacial score (nSPS) is 19.7. The fraction of sp³-hybridized carbons (Fsp3) is 0.529. The first-order valence-electron chi connectivity index (χ1n) is 8.20. The van der Waals surface area contributed by atoms with Crippen LogP contribution in [0.5, 0.6) is 5.75 Å². The largest absolute Gasteiger partial charge is 0.497 e. The van der Waals surface area contributed by atoms with Gasteiger partial charge in [-0.3, -0.25) is 0 Å². The predicted octanol–water partition coefficient (Wildman–Crippen LogP) is 1.48. The molecule has 2 aliphatic heterocycles. The number of benzene rings is 1. The highest BCUT2D eigenvalue weighted by atomic mass is 16.5. The van der Waals surface area contributed by atoms with Gasteiger partial charge in [0.2, 0.25) is 0 Å². The van der Waals surface area contributed by atoms with Crippen LogP contribution in [0.3, 0.4) is 0 Å². The zero-order chi connectivity index (χ0) is 17.0. The first kappa shape index (κ1) is 16.6. The van der Waals surface area contributed by atoms with Gasteiger partial charge in [0.1, 0.15) is 5.75 Å². The molecule has 1 aromatic rings. The van der Waals surface area contributed by atoms with Crippen molar-refractivity contribution in [3.63, 3.8) is 0 Å². The monoisotopic (exact) mass is 333 g/mol. The van der Waals surface area contributed by atoms with Crippen LogP contribution in [0.2, 0.25) is 0 Å². The molecule has 0 atom stereocenters. The topological polar surface area (TPSA) is 79.9 Å². The fourth-order valence-electron chi connectivity index (χ4n) is 3.28. The van der Waals surface area contributed by atoms with E-state index in [1.165, 1.54) is 4.90 Å². The molecule has 7 heteroatoms. The maximum atomic E-state index is 12.3. The smallest absolute Gasteiger partial charge is 0.325 e. The molecule has 7 nitrogen and oxygen atoms in total. The number of ether oxygens (including phenoxy) is 2. The van der Waals surface area contributed by atoms with Gasteiger partial charge < -0.3 is 20.1 Å². The van der Waals surface area contributed by atoms with Crippen molar-refractivity contribution < 1.29 is 19.1 Å². The Balaban J connectivity index is 1.73. The van der Waals surface area contributed by atoms with Crippen molar-refractivity contribution in [3.05, 3.63) is 29.8 Å². The van der Waals surface area contributed by atoms with E-state index < -0.39 is 0 Å². The van der Waals surface area contributed by atoms with E-state index in [9.17, 15) is 9.59 Å². The number of nitrogens with one attached hydrogen (secondary N) is 2. The van der Waals surface area contributed by atoms with Gasteiger partial charge in [-0.15, -0.1) is 0 Å². The molecule has 4 amide bonds. The highest BCUT2D eigenvalue weighted by Gasteiger charge is 2.36. The van der Waals surface area contributed by atoms with Crippen LogP contribution in [0.1, 0.15) is 18.4 Å². The lowest BCUT2D eigenvalue weighted by molar-refractivity contribution is 0.0503. The molecule has 0 bridgehead atoms. The minimum atomic E-state index is -0.343. The maximum Gasteiger partial charge on any atom is 0.325 e. The van der Waals surface area contributed by atoms with E-state index in [1.807, 2.05) is 24.3 Å². The number of carbonyl (C=O) groups is 2. The first-order valence-corrected chi connectivity index (χ1v) is 8.20. The summed E-state index contributed by atoms with van der Waals surface area (Å²) in [5.74, 6) is 0.804. The number of methoxy groups -OCH3 is 1. The zero-order valence-electron chi connectivity index (χ0n) is 13.8. The molecule has 2 fully saturated rings. The van der Waals surface area contributed by atoms with E-state index in [4.69, 9.17) is 9.47 Å². The van der Waals surface area contributed by atoms with E-state index >= 15 is 0 Å². The summed E-state index contributed by atoms with van der Waals surface area (Å²) in [5, 5.41) is 5.57. The molecule has 0 aliphatic carbocycles. The van der Waals surface area contributed by atoms with Crippen LogP contribution in [-0.4, -0.2) is 56.9 Å². The van der Waals surface area contributed by atoms with Gasteiger partial charge in [-0.1, -0.05) is 12.1 Å². The highest BCUT2D eigenvalue weighted by molar-refractivity contribution is 5.94. The summed E-state index contributed by atoms with van der Waals surface area (Å²) in [5.41, 5.74) is 0.967. The molecular formula is C17H23N3O4. The summed E-state index contributed by atoms with van der Waals surface area (Å²) in [6.45, 7) is 2.70. The van der Waals surface area contributed by atoms with Crippen LogP contribution in [0.4, 0.5) is 9.59 Å². The average molecular weight is 333 g/mol. The van der Waals surface area contributed by atoms with Gasteiger partial charge in [0.15, 0.2) is 0 Å². The summed E-state index contributed by atoms with van der Waals surface area (Å²) in [6, 6.07) is 7.27. The van der Waals surface area contributed by atoms with Crippen LogP contribution in [0.15, 0.2) is 24.3 Å².